The fraction of sp³-hybridized carbons (Fsp3) is 0.429. The third-order valence-corrected chi connectivity index (χ3v) is 5.18. The second kappa shape index (κ2) is 4.02. The SMILES string of the molecule is CN1CC2C[C@H]1CN2C(=O)c1nsc2ccccc12. The predicted octanol–water partition coefficient (Wildman–Crippen LogP) is 1.82. The summed E-state index contributed by atoms with van der Waals surface area (Å²) < 4.78 is 5.47. The Kier molecular flexibility index (Phi) is 2.40. The first kappa shape index (κ1) is 11.4. The van der Waals surface area contributed by atoms with Gasteiger partial charge in [0, 0.05) is 30.6 Å². The molecule has 19 heavy (non-hydrogen) atoms. The second-order valence-electron chi connectivity index (χ2n) is 5.47. The molecule has 0 N–H and O–H groups in total. The molecular weight excluding hydrogens is 258 g/mol. The van der Waals surface area contributed by atoms with E-state index in [2.05, 4.69) is 16.3 Å². The third kappa shape index (κ3) is 1.61. The van der Waals surface area contributed by atoms with Crippen molar-refractivity contribution in [2.45, 2.75) is 18.5 Å². The molecule has 2 aliphatic rings. The van der Waals surface area contributed by atoms with Crippen LogP contribution in [0.1, 0.15) is 16.9 Å². The summed E-state index contributed by atoms with van der Waals surface area (Å²) in [5, 5.41) is 0.994. The zero-order valence-corrected chi connectivity index (χ0v) is 11.6. The number of carbonyl (C=O) groups is 1. The molecule has 2 fully saturated rings. The van der Waals surface area contributed by atoms with Crippen molar-refractivity contribution in [3.05, 3.63) is 30.0 Å². The number of likely N-dealkylation sites (tertiary alicyclic amines) is 2. The van der Waals surface area contributed by atoms with Crippen molar-refractivity contribution in [1.29, 1.82) is 0 Å². The van der Waals surface area contributed by atoms with Crippen molar-refractivity contribution in [3.8, 4) is 0 Å². The number of carbonyl (C=O) groups excluding carboxylic acids is 1. The highest BCUT2D eigenvalue weighted by molar-refractivity contribution is 7.13. The van der Waals surface area contributed by atoms with Gasteiger partial charge >= 0.3 is 0 Å². The van der Waals surface area contributed by atoms with Gasteiger partial charge in [-0.25, -0.2) is 0 Å². The van der Waals surface area contributed by atoms with E-state index in [0.29, 0.717) is 17.8 Å². The van der Waals surface area contributed by atoms with Crippen LogP contribution >= 0.6 is 11.5 Å². The molecule has 1 unspecified atom stereocenters. The largest absolute Gasteiger partial charge is 0.331 e. The van der Waals surface area contributed by atoms with Crippen molar-refractivity contribution >= 4 is 27.5 Å². The zero-order valence-electron chi connectivity index (χ0n) is 10.7. The maximum atomic E-state index is 12.7. The average molecular weight is 273 g/mol. The summed E-state index contributed by atoms with van der Waals surface area (Å²) in [6.45, 7) is 1.85. The van der Waals surface area contributed by atoms with E-state index in [0.717, 1.165) is 29.6 Å². The van der Waals surface area contributed by atoms with Gasteiger partial charge in [0.05, 0.1) is 4.70 Å². The van der Waals surface area contributed by atoms with Crippen LogP contribution in [0.5, 0.6) is 0 Å². The molecular formula is C14H15N3OS. The van der Waals surface area contributed by atoms with E-state index in [-0.39, 0.29) is 5.91 Å². The van der Waals surface area contributed by atoms with E-state index in [1.54, 1.807) is 0 Å². The molecule has 1 aromatic carbocycles. The number of likely N-dealkylation sites (N-methyl/N-ethyl adjacent to an activating group) is 1. The molecule has 1 amide bonds. The number of hydrogen-bond donors (Lipinski definition) is 0. The van der Waals surface area contributed by atoms with E-state index in [4.69, 9.17) is 0 Å². The summed E-state index contributed by atoms with van der Waals surface area (Å²) in [4.78, 5) is 17.0. The molecule has 0 saturated carbocycles. The summed E-state index contributed by atoms with van der Waals surface area (Å²) in [5.41, 5.74) is 0.635. The minimum Gasteiger partial charge on any atom is -0.331 e. The smallest absolute Gasteiger partial charge is 0.274 e. The molecule has 98 valence electrons. The molecule has 2 bridgehead atoms. The van der Waals surface area contributed by atoms with Crippen LogP contribution in [-0.2, 0) is 0 Å². The van der Waals surface area contributed by atoms with E-state index in [1.807, 2.05) is 29.2 Å². The van der Waals surface area contributed by atoms with Gasteiger partial charge in [-0.2, -0.15) is 4.37 Å². The standard InChI is InChI=1S/C14H15N3OS/c1-16-7-10-6-9(16)8-17(10)14(18)13-11-4-2-3-5-12(11)19-15-13/h2-5,9-10H,6-8H2,1H3/t9-,10?/m0/s1. The first-order valence-corrected chi connectivity index (χ1v) is 7.37. The van der Waals surface area contributed by atoms with E-state index in [1.165, 1.54) is 11.5 Å². The van der Waals surface area contributed by atoms with Crippen LogP contribution < -0.4 is 0 Å². The molecule has 0 radical (unpaired) electrons. The van der Waals surface area contributed by atoms with Crippen LogP contribution in [0.25, 0.3) is 10.1 Å². The molecule has 4 rings (SSSR count). The Morgan fingerprint density at radius 1 is 1.32 bits per heavy atom. The molecule has 2 aromatic rings. The topological polar surface area (TPSA) is 36.4 Å². The molecule has 1 aromatic heterocycles. The van der Waals surface area contributed by atoms with Crippen LogP contribution in [0.3, 0.4) is 0 Å². The van der Waals surface area contributed by atoms with Crippen molar-refractivity contribution in [2.24, 2.45) is 0 Å². The average Bonchev–Trinajstić information content (AvgIpc) is 3.10. The Hall–Kier alpha value is -1.46. The highest BCUT2D eigenvalue weighted by Crippen LogP contribution is 2.32. The second-order valence-corrected chi connectivity index (χ2v) is 6.27. The number of fused-ring (bicyclic) bond motifs is 3. The van der Waals surface area contributed by atoms with Gasteiger partial charge in [0.1, 0.15) is 5.69 Å². The Labute approximate surface area is 115 Å². The van der Waals surface area contributed by atoms with Crippen LogP contribution in [0.4, 0.5) is 0 Å². The Morgan fingerprint density at radius 3 is 2.89 bits per heavy atom. The minimum absolute atomic E-state index is 0.109. The minimum atomic E-state index is 0.109. The Balaban J connectivity index is 1.68. The maximum absolute atomic E-state index is 12.7. The number of aromatic nitrogens is 1. The Morgan fingerprint density at radius 2 is 2.16 bits per heavy atom. The van der Waals surface area contributed by atoms with Crippen LogP contribution in [0, 0.1) is 0 Å². The van der Waals surface area contributed by atoms with Crippen molar-refractivity contribution < 1.29 is 4.79 Å². The lowest BCUT2D eigenvalue weighted by Gasteiger charge is -2.31. The van der Waals surface area contributed by atoms with E-state index >= 15 is 0 Å². The highest BCUT2D eigenvalue weighted by atomic mass is 32.1. The van der Waals surface area contributed by atoms with Crippen molar-refractivity contribution in [2.75, 3.05) is 20.1 Å². The molecule has 3 heterocycles. The van der Waals surface area contributed by atoms with Gasteiger partial charge < -0.3 is 4.90 Å². The predicted molar refractivity (Wildman–Crippen MR) is 75.5 cm³/mol. The number of benzene rings is 1. The Bertz CT molecular complexity index is 651. The zero-order chi connectivity index (χ0) is 13.0. The number of piperazine rings is 1. The molecule has 5 heteroatoms. The molecule has 4 nitrogen and oxygen atoms in total. The number of rotatable bonds is 1. The van der Waals surface area contributed by atoms with Gasteiger partial charge in [-0.15, -0.1) is 0 Å². The van der Waals surface area contributed by atoms with Gasteiger partial charge in [0.15, 0.2) is 0 Å². The van der Waals surface area contributed by atoms with Gasteiger partial charge in [-0.3, -0.25) is 9.69 Å². The number of amides is 1. The van der Waals surface area contributed by atoms with Gasteiger partial charge in [-0.05, 0) is 31.1 Å². The van der Waals surface area contributed by atoms with E-state index < -0.39 is 0 Å². The monoisotopic (exact) mass is 273 g/mol. The van der Waals surface area contributed by atoms with Crippen LogP contribution in [0.2, 0.25) is 0 Å². The lowest BCUT2D eigenvalue weighted by Crippen LogP contribution is -2.47. The number of nitrogens with zero attached hydrogens (tertiary/aromatic N) is 3. The maximum Gasteiger partial charge on any atom is 0.274 e. The fourth-order valence-electron chi connectivity index (χ4n) is 3.29. The summed E-state index contributed by atoms with van der Waals surface area (Å²) in [5.74, 6) is 0.109. The fourth-order valence-corrected chi connectivity index (χ4v) is 4.06. The molecule has 2 atom stereocenters. The van der Waals surface area contributed by atoms with Crippen LogP contribution in [-0.4, -0.2) is 52.3 Å². The molecule has 0 aliphatic carbocycles. The molecule has 2 saturated heterocycles. The van der Waals surface area contributed by atoms with Crippen molar-refractivity contribution in [1.82, 2.24) is 14.2 Å². The molecule has 2 aliphatic heterocycles. The van der Waals surface area contributed by atoms with Gasteiger partial charge in [0.25, 0.3) is 5.91 Å². The van der Waals surface area contributed by atoms with Gasteiger partial charge in [0.2, 0.25) is 0 Å². The summed E-state index contributed by atoms with van der Waals surface area (Å²) in [6, 6.07) is 8.89. The third-order valence-electron chi connectivity index (χ3n) is 4.36. The summed E-state index contributed by atoms with van der Waals surface area (Å²) in [6.07, 6.45) is 1.12. The highest BCUT2D eigenvalue weighted by Gasteiger charge is 2.44. The lowest BCUT2D eigenvalue weighted by atomic mass is 10.2. The summed E-state index contributed by atoms with van der Waals surface area (Å²) in [7, 11) is 2.14. The van der Waals surface area contributed by atoms with Gasteiger partial charge in [-0.1, -0.05) is 18.2 Å². The number of hydrogen-bond acceptors (Lipinski definition) is 4. The molecule has 0 spiro atoms. The quantitative estimate of drug-likeness (QED) is 0.795. The van der Waals surface area contributed by atoms with E-state index in [9.17, 15) is 4.79 Å². The van der Waals surface area contributed by atoms with Crippen LogP contribution in [0.15, 0.2) is 24.3 Å². The first-order chi connectivity index (χ1) is 9.24. The lowest BCUT2D eigenvalue weighted by molar-refractivity contribution is 0.0648. The summed E-state index contributed by atoms with van der Waals surface area (Å²) >= 11 is 1.41. The normalized spacial score (nSPS) is 26.5. The van der Waals surface area contributed by atoms with Crippen molar-refractivity contribution in [3.63, 3.8) is 0 Å². The first-order valence-electron chi connectivity index (χ1n) is 6.59.